The van der Waals surface area contributed by atoms with E-state index in [1.807, 2.05) is 0 Å². The van der Waals surface area contributed by atoms with Crippen LogP contribution in [-0.2, 0) is 16.1 Å². The highest BCUT2D eigenvalue weighted by Gasteiger charge is 2.14. The summed E-state index contributed by atoms with van der Waals surface area (Å²) in [5.74, 6) is 0.201. The van der Waals surface area contributed by atoms with Gasteiger partial charge in [0.1, 0.15) is 24.0 Å². The van der Waals surface area contributed by atoms with Gasteiger partial charge in [-0.1, -0.05) is 23.5 Å². The van der Waals surface area contributed by atoms with Gasteiger partial charge in [0.05, 0.1) is 12.2 Å². The normalized spacial score (nSPS) is 10.5. The van der Waals surface area contributed by atoms with Crippen molar-refractivity contribution >= 4 is 22.4 Å². The lowest BCUT2D eigenvalue weighted by Crippen LogP contribution is -2.14. The molecule has 0 saturated heterocycles. The summed E-state index contributed by atoms with van der Waals surface area (Å²) in [7, 11) is 3.17. The van der Waals surface area contributed by atoms with Gasteiger partial charge in [0.15, 0.2) is 0 Å². The molecule has 0 radical (unpaired) electrons. The molecule has 1 aromatic carbocycles. The van der Waals surface area contributed by atoms with E-state index in [1.165, 1.54) is 11.3 Å². The van der Waals surface area contributed by atoms with Gasteiger partial charge in [0.25, 0.3) is 5.91 Å². The van der Waals surface area contributed by atoms with Crippen LogP contribution in [0.3, 0.4) is 0 Å². The Kier molecular flexibility index (Phi) is 6.26. The van der Waals surface area contributed by atoms with E-state index < -0.39 is 0 Å². The van der Waals surface area contributed by atoms with Crippen molar-refractivity contribution in [3.8, 4) is 5.75 Å². The molecular weight excluding hydrogens is 306 g/mol. The number of para-hydroxylation sites is 1. The molecule has 0 aliphatic heterocycles. The van der Waals surface area contributed by atoms with Crippen molar-refractivity contribution in [1.82, 2.24) is 10.2 Å². The van der Waals surface area contributed by atoms with Crippen LogP contribution in [0.5, 0.6) is 5.75 Å². The number of hydrogen-bond acceptors (Lipinski definition) is 7. The minimum absolute atomic E-state index is 0.298. The third kappa shape index (κ3) is 4.48. The second kappa shape index (κ2) is 8.42. The van der Waals surface area contributed by atoms with Gasteiger partial charge in [0, 0.05) is 14.2 Å². The molecule has 0 saturated carbocycles. The largest absolute Gasteiger partial charge is 0.490 e. The van der Waals surface area contributed by atoms with Crippen LogP contribution in [0.15, 0.2) is 24.3 Å². The molecular formula is C14H17N3O4S. The topological polar surface area (TPSA) is 82.6 Å². The van der Waals surface area contributed by atoms with Crippen LogP contribution >= 0.6 is 11.3 Å². The number of nitrogens with one attached hydrogen (secondary N) is 1. The Morgan fingerprint density at radius 1 is 1.18 bits per heavy atom. The monoisotopic (exact) mass is 323 g/mol. The van der Waals surface area contributed by atoms with Crippen LogP contribution < -0.4 is 10.1 Å². The van der Waals surface area contributed by atoms with Crippen molar-refractivity contribution in [2.45, 2.75) is 6.61 Å². The minimum atomic E-state index is -0.298. The van der Waals surface area contributed by atoms with Crippen LogP contribution in [-0.4, -0.2) is 43.5 Å². The van der Waals surface area contributed by atoms with Gasteiger partial charge in [-0.05, 0) is 12.1 Å². The molecule has 7 nitrogen and oxygen atoms in total. The fourth-order valence-electron chi connectivity index (χ4n) is 1.67. The van der Waals surface area contributed by atoms with E-state index in [4.69, 9.17) is 14.2 Å². The number of carbonyl (C=O) groups is 1. The number of amides is 1. The number of nitrogens with zero attached hydrogens (tertiary/aromatic N) is 2. The van der Waals surface area contributed by atoms with Gasteiger partial charge in [-0.25, -0.2) is 0 Å². The Balaban J connectivity index is 2.04. The molecule has 1 aromatic heterocycles. The fraction of sp³-hybridized carbons (Fsp3) is 0.357. The van der Waals surface area contributed by atoms with Crippen molar-refractivity contribution < 1.29 is 19.0 Å². The molecule has 0 unspecified atom stereocenters. The van der Waals surface area contributed by atoms with Gasteiger partial charge < -0.3 is 14.2 Å². The molecule has 0 spiro atoms. The third-order valence-electron chi connectivity index (χ3n) is 2.63. The SMILES string of the molecule is COCCOc1ccccc1C(=O)Nc1nnc(COC)s1. The molecule has 0 atom stereocenters. The molecule has 0 fully saturated rings. The minimum Gasteiger partial charge on any atom is -0.490 e. The summed E-state index contributed by atoms with van der Waals surface area (Å²) in [6.07, 6.45) is 0. The quantitative estimate of drug-likeness (QED) is 0.748. The molecule has 0 bridgehead atoms. The van der Waals surface area contributed by atoms with E-state index in [1.54, 1.807) is 38.5 Å². The molecule has 1 N–H and O–H groups in total. The van der Waals surface area contributed by atoms with Gasteiger partial charge in [-0.3, -0.25) is 10.1 Å². The molecule has 8 heteroatoms. The average molecular weight is 323 g/mol. The first-order chi connectivity index (χ1) is 10.7. The van der Waals surface area contributed by atoms with Crippen LogP contribution in [0.2, 0.25) is 0 Å². The van der Waals surface area contributed by atoms with Crippen molar-refractivity contribution in [2.24, 2.45) is 0 Å². The summed E-state index contributed by atoms with van der Waals surface area (Å²) in [6, 6.07) is 7.00. The molecule has 0 aliphatic rings. The Labute approximate surface area is 132 Å². The highest BCUT2D eigenvalue weighted by atomic mass is 32.1. The Hall–Kier alpha value is -2.03. The van der Waals surface area contributed by atoms with Gasteiger partial charge in [0.2, 0.25) is 5.13 Å². The predicted molar refractivity (Wildman–Crippen MR) is 82.4 cm³/mol. The Morgan fingerprint density at radius 3 is 2.77 bits per heavy atom. The molecule has 2 aromatic rings. The second-order valence-electron chi connectivity index (χ2n) is 4.23. The van der Waals surface area contributed by atoms with Crippen LogP contribution in [0.25, 0.3) is 0 Å². The zero-order valence-corrected chi connectivity index (χ0v) is 13.2. The maximum Gasteiger partial charge on any atom is 0.261 e. The zero-order chi connectivity index (χ0) is 15.8. The highest BCUT2D eigenvalue weighted by molar-refractivity contribution is 7.15. The van der Waals surface area contributed by atoms with E-state index in [2.05, 4.69) is 15.5 Å². The lowest BCUT2D eigenvalue weighted by Gasteiger charge is -2.10. The van der Waals surface area contributed by atoms with Crippen molar-refractivity contribution in [3.63, 3.8) is 0 Å². The number of hydrogen-bond donors (Lipinski definition) is 1. The van der Waals surface area contributed by atoms with E-state index in [0.717, 1.165) is 0 Å². The number of rotatable bonds is 8. The van der Waals surface area contributed by atoms with Crippen LogP contribution in [0.4, 0.5) is 5.13 Å². The number of ether oxygens (including phenoxy) is 3. The molecule has 1 amide bonds. The zero-order valence-electron chi connectivity index (χ0n) is 12.4. The van der Waals surface area contributed by atoms with Gasteiger partial charge in [-0.2, -0.15) is 0 Å². The van der Waals surface area contributed by atoms with Gasteiger partial charge in [-0.15, -0.1) is 10.2 Å². The summed E-state index contributed by atoms with van der Waals surface area (Å²) in [5.41, 5.74) is 0.432. The summed E-state index contributed by atoms with van der Waals surface area (Å²) < 4.78 is 15.4. The van der Waals surface area contributed by atoms with Crippen LogP contribution in [0, 0.1) is 0 Å². The fourth-order valence-corrected chi connectivity index (χ4v) is 2.37. The smallest absolute Gasteiger partial charge is 0.261 e. The average Bonchev–Trinajstić information content (AvgIpc) is 2.95. The predicted octanol–water partition coefficient (Wildman–Crippen LogP) is 1.96. The standard InChI is InChI=1S/C14H17N3O4S/c1-19-7-8-21-11-6-4-3-5-10(11)13(18)15-14-17-16-12(22-14)9-20-2/h3-6H,7-9H2,1-2H3,(H,15,17,18). The molecule has 2 rings (SSSR count). The number of benzene rings is 1. The molecule has 118 valence electrons. The maximum atomic E-state index is 12.3. The molecule has 22 heavy (non-hydrogen) atoms. The second-order valence-corrected chi connectivity index (χ2v) is 5.29. The van der Waals surface area contributed by atoms with E-state index >= 15 is 0 Å². The van der Waals surface area contributed by atoms with Gasteiger partial charge >= 0.3 is 0 Å². The van der Waals surface area contributed by atoms with Crippen molar-refractivity contribution in [1.29, 1.82) is 0 Å². The van der Waals surface area contributed by atoms with Crippen molar-refractivity contribution in [2.75, 3.05) is 32.8 Å². The number of aromatic nitrogens is 2. The van der Waals surface area contributed by atoms with E-state index in [9.17, 15) is 4.79 Å². The lowest BCUT2D eigenvalue weighted by atomic mass is 10.2. The first-order valence-corrected chi connectivity index (χ1v) is 7.39. The summed E-state index contributed by atoms with van der Waals surface area (Å²) in [5, 5.41) is 11.6. The Bertz CT molecular complexity index is 618. The number of anilines is 1. The maximum absolute atomic E-state index is 12.3. The molecule has 1 heterocycles. The first kappa shape index (κ1) is 16.3. The summed E-state index contributed by atoms with van der Waals surface area (Å²) in [6.45, 7) is 1.19. The third-order valence-corrected chi connectivity index (χ3v) is 3.44. The lowest BCUT2D eigenvalue weighted by molar-refractivity contribution is 0.101. The van der Waals surface area contributed by atoms with E-state index in [-0.39, 0.29) is 5.91 Å². The molecule has 0 aliphatic carbocycles. The van der Waals surface area contributed by atoms with E-state index in [0.29, 0.717) is 41.3 Å². The summed E-state index contributed by atoms with van der Waals surface area (Å²) in [4.78, 5) is 12.3. The summed E-state index contributed by atoms with van der Waals surface area (Å²) >= 11 is 1.27. The number of carbonyl (C=O) groups excluding carboxylic acids is 1. The van der Waals surface area contributed by atoms with Crippen LogP contribution in [0.1, 0.15) is 15.4 Å². The number of methoxy groups -OCH3 is 2. The first-order valence-electron chi connectivity index (χ1n) is 6.58. The highest BCUT2D eigenvalue weighted by Crippen LogP contribution is 2.21. The van der Waals surface area contributed by atoms with Crippen molar-refractivity contribution in [3.05, 3.63) is 34.8 Å². The Morgan fingerprint density at radius 2 is 2.00 bits per heavy atom.